The number of carbonyl (C=O) groups excluding carboxylic acids is 1. The van der Waals surface area contributed by atoms with Gasteiger partial charge >= 0.3 is 0 Å². The molecule has 0 unspecified atom stereocenters. The molecule has 16 heavy (non-hydrogen) atoms. The number of likely N-dealkylation sites (tertiary alicyclic amines) is 2. The molecule has 0 aliphatic carbocycles. The molecule has 2 aliphatic rings. The Labute approximate surface area is 98.1 Å². The van der Waals surface area contributed by atoms with Crippen molar-refractivity contribution in [3.8, 4) is 0 Å². The van der Waals surface area contributed by atoms with Crippen LogP contribution in [0.4, 0.5) is 0 Å². The highest BCUT2D eigenvalue weighted by molar-refractivity contribution is 5.74. The van der Waals surface area contributed by atoms with Crippen molar-refractivity contribution in [1.82, 2.24) is 9.80 Å². The van der Waals surface area contributed by atoms with Crippen LogP contribution in [0.15, 0.2) is 12.2 Å². The summed E-state index contributed by atoms with van der Waals surface area (Å²) in [6.45, 7) is 13.1. The van der Waals surface area contributed by atoms with Gasteiger partial charge in [-0.2, -0.15) is 0 Å². The SMILES string of the molecule is C=C(C)CN1CCC2(CC1)CN(C(C)=O)C2. The Bertz CT molecular complexity index is 295. The Kier molecular flexibility index (Phi) is 3.06. The van der Waals surface area contributed by atoms with E-state index < -0.39 is 0 Å². The number of carbonyl (C=O) groups is 1. The van der Waals surface area contributed by atoms with E-state index >= 15 is 0 Å². The van der Waals surface area contributed by atoms with Gasteiger partial charge in [-0.25, -0.2) is 0 Å². The molecule has 0 saturated carbocycles. The fourth-order valence-electron chi connectivity index (χ4n) is 2.87. The maximum Gasteiger partial charge on any atom is 0.219 e. The van der Waals surface area contributed by atoms with Crippen molar-refractivity contribution < 1.29 is 4.79 Å². The third kappa shape index (κ3) is 2.29. The summed E-state index contributed by atoms with van der Waals surface area (Å²) in [4.78, 5) is 15.6. The molecule has 0 aromatic heterocycles. The van der Waals surface area contributed by atoms with E-state index in [-0.39, 0.29) is 5.91 Å². The van der Waals surface area contributed by atoms with Gasteiger partial charge in [0, 0.05) is 32.0 Å². The van der Waals surface area contributed by atoms with Crippen molar-refractivity contribution in [2.45, 2.75) is 26.7 Å². The maximum absolute atomic E-state index is 11.2. The third-order valence-corrected chi connectivity index (χ3v) is 3.91. The molecular weight excluding hydrogens is 200 g/mol. The molecule has 2 aliphatic heterocycles. The first kappa shape index (κ1) is 11.6. The highest BCUT2D eigenvalue weighted by Crippen LogP contribution is 2.40. The molecule has 3 heteroatoms. The van der Waals surface area contributed by atoms with E-state index in [1.165, 1.54) is 31.5 Å². The number of piperidine rings is 1. The number of amides is 1. The summed E-state index contributed by atoms with van der Waals surface area (Å²) >= 11 is 0. The quantitative estimate of drug-likeness (QED) is 0.661. The normalized spacial score (nSPS) is 24.2. The summed E-state index contributed by atoms with van der Waals surface area (Å²) in [5, 5.41) is 0. The van der Waals surface area contributed by atoms with Crippen LogP contribution in [0.25, 0.3) is 0 Å². The van der Waals surface area contributed by atoms with Gasteiger partial charge in [0.25, 0.3) is 0 Å². The average Bonchev–Trinajstić information content (AvgIpc) is 2.14. The predicted molar refractivity (Wildman–Crippen MR) is 65.2 cm³/mol. The van der Waals surface area contributed by atoms with E-state index in [0.717, 1.165) is 19.6 Å². The fraction of sp³-hybridized carbons (Fsp3) is 0.769. The standard InChI is InChI=1S/C13H22N2O/c1-11(2)8-14-6-4-13(5-7-14)9-15(10-13)12(3)16/h1,4-10H2,2-3H3. The number of hydrogen-bond acceptors (Lipinski definition) is 2. The number of nitrogens with zero attached hydrogens (tertiary/aromatic N) is 2. The van der Waals surface area contributed by atoms with Crippen LogP contribution < -0.4 is 0 Å². The lowest BCUT2D eigenvalue weighted by Gasteiger charge is -2.53. The molecule has 0 aromatic carbocycles. The number of hydrogen-bond donors (Lipinski definition) is 0. The lowest BCUT2D eigenvalue weighted by atomic mass is 9.72. The molecule has 90 valence electrons. The van der Waals surface area contributed by atoms with Gasteiger partial charge in [0.15, 0.2) is 0 Å². The Morgan fingerprint density at radius 1 is 1.25 bits per heavy atom. The van der Waals surface area contributed by atoms with E-state index in [4.69, 9.17) is 0 Å². The van der Waals surface area contributed by atoms with Crippen LogP contribution in [0.2, 0.25) is 0 Å². The second-order valence-corrected chi connectivity index (χ2v) is 5.61. The van der Waals surface area contributed by atoms with Gasteiger partial charge in [-0.15, -0.1) is 0 Å². The molecule has 2 heterocycles. The minimum absolute atomic E-state index is 0.231. The van der Waals surface area contributed by atoms with Crippen LogP contribution in [0, 0.1) is 5.41 Å². The highest BCUT2D eigenvalue weighted by Gasteiger charge is 2.45. The van der Waals surface area contributed by atoms with E-state index in [9.17, 15) is 4.79 Å². The molecule has 0 bridgehead atoms. The summed E-state index contributed by atoms with van der Waals surface area (Å²) < 4.78 is 0. The smallest absolute Gasteiger partial charge is 0.219 e. The molecule has 3 nitrogen and oxygen atoms in total. The summed E-state index contributed by atoms with van der Waals surface area (Å²) in [5.41, 5.74) is 1.70. The van der Waals surface area contributed by atoms with E-state index in [0.29, 0.717) is 5.41 Å². The lowest BCUT2D eigenvalue weighted by molar-refractivity contribution is -0.144. The second kappa shape index (κ2) is 4.21. The van der Waals surface area contributed by atoms with Crippen LogP contribution in [0.1, 0.15) is 26.7 Å². The van der Waals surface area contributed by atoms with Gasteiger partial charge in [0.1, 0.15) is 0 Å². The Morgan fingerprint density at radius 2 is 1.81 bits per heavy atom. The predicted octanol–water partition coefficient (Wildman–Crippen LogP) is 1.51. The van der Waals surface area contributed by atoms with Gasteiger partial charge < -0.3 is 4.90 Å². The first-order valence-electron chi connectivity index (χ1n) is 6.13. The van der Waals surface area contributed by atoms with Crippen molar-refractivity contribution in [2.24, 2.45) is 5.41 Å². The Balaban J connectivity index is 1.78. The summed E-state index contributed by atoms with van der Waals surface area (Å²) in [6.07, 6.45) is 2.48. The fourth-order valence-corrected chi connectivity index (χ4v) is 2.87. The molecule has 0 aromatic rings. The van der Waals surface area contributed by atoms with Crippen LogP contribution >= 0.6 is 0 Å². The Morgan fingerprint density at radius 3 is 2.25 bits per heavy atom. The van der Waals surface area contributed by atoms with Crippen LogP contribution in [-0.4, -0.2) is 48.4 Å². The average molecular weight is 222 g/mol. The van der Waals surface area contributed by atoms with Crippen LogP contribution in [0.5, 0.6) is 0 Å². The maximum atomic E-state index is 11.2. The molecule has 1 amide bonds. The van der Waals surface area contributed by atoms with Gasteiger partial charge in [-0.1, -0.05) is 12.2 Å². The molecule has 2 fully saturated rings. The second-order valence-electron chi connectivity index (χ2n) is 5.61. The summed E-state index contributed by atoms with van der Waals surface area (Å²) in [7, 11) is 0. The minimum Gasteiger partial charge on any atom is -0.342 e. The monoisotopic (exact) mass is 222 g/mol. The molecule has 1 spiro atoms. The highest BCUT2D eigenvalue weighted by atomic mass is 16.2. The van der Waals surface area contributed by atoms with Gasteiger partial charge in [0.05, 0.1) is 0 Å². The van der Waals surface area contributed by atoms with Crippen molar-refractivity contribution in [3.05, 3.63) is 12.2 Å². The largest absolute Gasteiger partial charge is 0.342 e. The van der Waals surface area contributed by atoms with E-state index in [1.807, 2.05) is 4.90 Å². The molecule has 0 atom stereocenters. The Hall–Kier alpha value is -0.830. The zero-order chi connectivity index (χ0) is 11.8. The van der Waals surface area contributed by atoms with E-state index in [2.05, 4.69) is 18.4 Å². The van der Waals surface area contributed by atoms with Crippen molar-refractivity contribution in [3.63, 3.8) is 0 Å². The summed E-state index contributed by atoms with van der Waals surface area (Å²) in [5.74, 6) is 0.231. The van der Waals surface area contributed by atoms with Crippen LogP contribution in [-0.2, 0) is 4.79 Å². The molecule has 0 N–H and O–H groups in total. The first-order chi connectivity index (χ1) is 7.51. The van der Waals surface area contributed by atoms with Crippen LogP contribution in [0.3, 0.4) is 0 Å². The van der Waals surface area contributed by atoms with E-state index in [1.54, 1.807) is 6.92 Å². The lowest BCUT2D eigenvalue weighted by Crippen LogP contribution is -2.61. The molecular formula is C13H22N2O. The zero-order valence-corrected chi connectivity index (χ0v) is 10.5. The minimum atomic E-state index is 0.231. The summed E-state index contributed by atoms with van der Waals surface area (Å²) in [6, 6.07) is 0. The number of rotatable bonds is 2. The van der Waals surface area contributed by atoms with Gasteiger partial charge in [0.2, 0.25) is 5.91 Å². The zero-order valence-electron chi connectivity index (χ0n) is 10.5. The van der Waals surface area contributed by atoms with Crippen molar-refractivity contribution in [1.29, 1.82) is 0 Å². The van der Waals surface area contributed by atoms with Crippen molar-refractivity contribution >= 4 is 5.91 Å². The molecule has 0 radical (unpaired) electrons. The van der Waals surface area contributed by atoms with Gasteiger partial charge in [-0.3, -0.25) is 9.69 Å². The topological polar surface area (TPSA) is 23.6 Å². The molecule has 2 rings (SSSR count). The van der Waals surface area contributed by atoms with Gasteiger partial charge in [-0.05, 0) is 32.9 Å². The first-order valence-corrected chi connectivity index (χ1v) is 6.13. The molecule has 2 saturated heterocycles. The third-order valence-electron chi connectivity index (χ3n) is 3.91. The van der Waals surface area contributed by atoms with Crippen molar-refractivity contribution in [2.75, 3.05) is 32.7 Å².